The number of amides is 2. The molecule has 0 spiro atoms. The third-order valence-corrected chi connectivity index (χ3v) is 4.23. The first-order valence-electron chi connectivity index (χ1n) is 8.61. The van der Waals surface area contributed by atoms with Crippen molar-refractivity contribution in [2.24, 2.45) is 5.73 Å². The highest BCUT2D eigenvalue weighted by Gasteiger charge is 2.13. The van der Waals surface area contributed by atoms with E-state index in [4.69, 9.17) is 22.1 Å². The molecule has 0 fully saturated rings. The van der Waals surface area contributed by atoms with Gasteiger partial charge < -0.3 is 15.8 Å². The largest absolute Gasteiger partial charge is 0.492 e. The number of ether oxygens (including phenoxy) is 1. The van der Waals surface area contributed by atoms with Crippen LogP contribution in [-0.4, -0.2) is 28.2 Å². The van der Waals surface area contributed by atoms with Gasteiger partial charge in [0.25, 0.3) is 11.5 Å². The van der Waals surface area contributed by atoms with Crippen LogP contribution in [0.2, 0.25) is 5.02 Å². The molecule has 0 saturated carbocycles. The molecule has 0 radical (unpaired) electrons. The zero-order chi connectivity index (χ0) is 20.8. The van der Waals surface area contributed by atoms with Gasteiger partial charge in [-0.15, -0.1) is 0 Å². The molecular formula is C20H17ClN4O4. The van der Waals surface area contributed by atoms with Crippen LogP contribution in [0.3, 0.4) is 0 Å². The number of nitrogens with zero attached hydrogens (tertiary/aromatic N) is 2. The summed E-state index contributed by atoms with van der Waals surface area (Å²) < 4.78 is 6.70. The Balaban J connectivity index is 1.70. The number of carbonyl (C=O) groups excluding carboxylic acids is 2. The molecule has 3 N–H and O–H groups in total. The van der Waals surface area contributed by atoms with Crippen LogP contribution in [0.25, 0.3) is 0 Å². The number of carbonyl (C=O) groups is 2. The van der Waals surface area contributed by atoms with Crippen molar-refractivity contribution in [2.75, 3.05) is 11.9 Å². The lowest BCUT2D eigenvalue weighted by atomic mass is 10.2. The number of benzene rings is 2. The van der Waals surface area contributed by atoms with Crippen molar-refractivity contribution in [1.82, 2.24) is 9.78 Å². The van der Waals surface area contributed by atoms with Gasteiger partial charge in [-0.2, -0.15) is 5.10 Å². The highest BCUT2D eigenvalue weighted by molar-refractivity contribution is 6.34. The van der Waals surface area contributed by atoms with Gasteiger partial charge in [0, 0.05) is 11.8 Å². The molecule has 1 aromatic heterocycles. The highest BCUT2D eigenvalue weighted by Crippen LogP contribution is 2.20. The predicted molar refractivity (Wildman–Crippen MR) is 108 cm³/mol. The molecule has 0 aliphatic heterocycles. The Bertz CT molecular complexity index is 1100. The van der Waals surface area contributed by atoms with Gasteiger partial charge >= 0.3 is 0 Å². The maximum Gasteiger partial charge on any atom is 0.276 e. The smallest absolute Gasteiger partial charge is 0.276 e. The quantitative estimate of drug-likeness (QED) is 0.617. The van der Waals surface area contributed by atoms with Crippen LogP contribution in [-0.2, 0) is 6.54 Å². The number of anilines is 1. The van der Waals surface area contributed by atoms with Crippen molar-refractivity contribution in [3.8, 4) is 5.75 Å². The number of rotatable bonds is 7. The van der Waals surface area contributed by atoms with Gasteiger partial charge in [-0.3, -0.25) is 14.4 Å². The number of primary amides is 1. The Morgan fingerprint density at radius 2 is 1.86 bits per heavy atom. The SMILES string of the molecule is NC(=O)c1cc(NC(=O)c2ccc(=O)n(CCOc3ccccc3)n2)ccc1Cl. The highest BCUT2D eigenvalue weighted by atomic mass is 35.5. The van der Waals surface area contributed by atoms with Crippen molar-refractivity contribution in [2.45, 2.75) is 6.54 Å². The van der Waals surface area contributed by atoms with Crippen LogP contribution < -0.4 is 21.3 Å². The summed E-state index contributed by atoms with van der Waals surface area (Å²) in [7, 11) is 0. The van der Waals surface area contributed by atoms with Crippen molar-refractivity contribution >= 4 is 29.1 Å². The average molecular weight is 413 g/mol. The minimum atomic E-state index is -0.712. The molecular weight excluding hydrogens is 396 g/mol. The Morgan fingerprint density at radius 3 is 2.59 bits per heavy atom. The van der Waals surface area contributed by atoms with Gasteiger partial charge in [0.2, 0.25) is 5.91 Å². The Labute approximate surface area is 170 Å². The van der Waals surface area contributed by atoms with E-state index in [2.05, 4.69) is 10.4 Å². The van der Waals surface area contributed by atoms with E-state index in [9.17, 15) is 14.4 Å². The third-order valence-electron chi connectivity index (χ3n) is 3.90. The van der Waals surface area contributed by atoms with E-state index >= 15 is 0 Å². The van der Waals surface area contributed by atoms with E-state index in [1.165, 1.54) is 30.3 Å². The summed E-state index contributed by atoms with van der Waals surface area (Å²) in [5, 5.41) is 6.85. The van der Waals surface area contributed by atoms with E-state index in [-0.39, 0.29) is 35.0 Å². The third kappa shape index (κ3) is 5.20. The van der Waals surface area contributed by atoms with Gasteiger partial charge in [-0.1, -0.05) is 29.8 Å². The molecule has 29 heavy (non-hydrogen) atoms. The Kier molecular flexibility index (Phi) is 6.25. The molecule has 0 saturated heterocycles. The van der Waals surface area contributed by atoms with Crippen LogP contribution >= 0.6 is 11.6 Å². The molecule has 3 aromatic rings. The Morgan fingerprint density at radius 1 is 1.10 bits per heavy atom. The van der Waals surface area contributed by atoms with Gasteiger partial charge in [0.1, 0.15) is 18.1 Å². The fourth-order valence-electron chi connectivity index (χ4n) is 2.48. The van der Waals surface area contributed by atoms with Crippen LogP contribution in [0, 0.1) is 0 Å². The monoisotopic (exact) mass is 412 g/mol. The normalized spacial score (nSPS) is 10.4. The van der Waals surface area contributed by atoms with Crippen molar-refractivity contribution in [1.29, 1.82) is 0 Å². The maximum atomic E-state index is 12.5. The summed E-state index contributed by atoms with van der Waals surface area (Å²) >= 11 is 5.90. The molecule has 9 heteroatoms. The van der Waals surface area contributed by atoms with Gasteiger partial charge in [0.15, 0.2) is 0 Å². The number of hydrogen-bond acceptors (Lipinski definition) is 5. The van der Waals surface area contributed by atoms with Gasteiger partial charge in [0.05, 0.1) is 17.1 Å². The fourth-order valence-corrected chi connectivity index (χ4v) is 2.69. The first-order chi connectivity index (χ1) is 13.9. The van der Waals surface area contributed by atoms with Crippen LogP contribution in [0.1, 0.15) is 20.8 Å². The number of para-hydroxylation sites is 1. The minimum Gasteiger partial charge on any atom is -0.492 e. The summed E-state index contributed by atoms with van der Waals surface area (Å²) in [6.07, 6.45) is 0. The van der Waals surface area contributed by atoms with E-state index in [1.807, 2.05) is 18.2 Å². The number of halogens is 1. The molecule has 8 nitrogen and oxygen atoms in total. The standard InChI is InChI=1S/C20H17ClN4O4/c21-16-7-6-13(12-15(16)19(22)27)23-20(28)17-8-9-18(26)25(24-17)10-11-29-14-4-2-1-3-5-14/h1-9,12H,10-11H2,(H2,22,27)(H,23,28). The van der Waals surface area contributed by atoms with Gasteiger partial charge in [-0.25, -0.2) is 4.68 Å². The second-order valence-corrected chi connectivity index (χ2v) is 6.36. The zero-order valence-corrected chi connectivity index (χ0v) is 15.9. The molecule has 0 unspecified atom stereocenters. The van der Waals surface area contributed by atoms with E-state index in [0.717, 1.165) is 4.68 Å². The van der Waals surface area contributed by atoms with E-state index in [1.54, 1.807) is 12.1 Å². The second-order valence-electron chi connectivity index (χ2n) is 5.95. The summed E-state index contributed by atoms with van der Waals surface area (Å²) in [5.41, 5.74) is 5.32. The van der Waals surface area contributed by atoms with E-state index in [0.29, 0.717) is 11.4 Å². The molecule has 3 rings (SSSR count). The lowest BCUT2D eigenvalue weighted by Gasteiger charge is -2.10. The molecule has 2 aromatic carbocycles. The number of hydrogen-bond donors (Lipinski definition) is 2. The number of nitrogens with one attached hydrogen (secondary N) is 1. The van der Waals surface area contributed by atoms with Crippen LogP contribution in [0.5, 0.6) is 5.75 Å². The predicted octanol–water partition coefficient (Wildman–Crippen LogP) is 2.33. The maximum absolute atomic E-state index is 12.5. The van der Waals surface area contributed by atoms with Crippen LogP contribution in [0.15, 0.2) is 65.5 Å². The van der Waals surface area contributed by atoms with Crippen LogP contribution in [0.4, 0.5) is 5.69 Å². The molecule has 0 aliphatic carbocycles. The number of nitrogens with two attached hydrogens (primary N) is 1. The summed E-state index contributed by atoms with van der Waals surface area (Å²) in [4.78, 5) is 35.8. The minimum absolute atomic E-state index is 0.0277. The second kappa shape index (κ2) is 9.03. The summed E-state index contributed by atoms with van der Waals surface area (Å²) in [5.74, 6) is -0.598. The molecule has 0 atom stereocenters. The molecule has 148 valence electrons. The topological polar surface area (TPSA) is 116 Å². The molecule has 2 amide bonds. The lowest BCUT2D eigenvalue weighted by molar-refractivity contribution is 0.0995. The molecule has 0 bridgehead atoms. The van der Waals surface area contributed by atoms with E-state index < -0.39 is 11.8 Å². The van der Waals surface area contributed by atoms with Crippen molar-refractivity contribution < 1.29 is 14.3 Å². The van der Waals surface area contributed by atoms with Crippen molar-refractivity contribution in [3.05, 3.63) is 87.3 Å². The first kappa shape index (κ1) is 20.1. The molecule has 1 heterocycles. The molecule has 0 aliphatic rings. The lowest BCUT2D eigenvalue weighted by Crippen LogP contribution is -2.28. The van der Waals surface area contributed by atoms with Crippen molar-refractivity contribution in [3.63, 3.8) is 0 Å². The first-order valence-corrected chi connectivity index (χ1v) is 8.98. The fraction of sp³-hybridized carbons (Fsp3) is 0.100. The summed E-state index contributed by atoms with van der Waals surface area (Å²) in [6.45, 7) is 0.378. The summed E-state index contributed by atoms with van der Waals surface area (Å²) in [6, 6.07) is 16.1. The zero-order valence-electron chi connectivity index (χ0n) is 15.2. The average Bonchev–Trinajstić information content (AvgIpc) is 2.71. The number of aromatic nitrogens is 2. The Hall–Kier alpha value is -3.65. The van der Waals surface area contributed by atoms with Gasteiger partial charge in [-0.05, 0) is 36.4 Å².